The molecule has 15 heavy (non-hydrogen) atoms. The molecule has 1 fully saturated rings. The van der Waals surface area contributed by atoms with Crippen LogP contribution in [0.3, 0.4) is 0 Å². The zero-order valence-electron chi connectivity index (χ0n) is 9.34. The minimum atomic E-state index is 0.291. The van der Waals surface area contributed by atoms with Crippen molar-refractivity contribution in [3.8, 4) is 0 Å². The lowest BCUT2D eigenvalue weighted by Crippen LogP contribution is -2.43. The third kappa shape index (κ3) is 2.26. The summed E-state index contributed by atoms with van der Waals surface area (Å²) in [5.74, 6) is 0.845. The second-order valence-electron chi connectivity index (χ2n) is 4.47. The van der Waals surface area contributed by atoms with E-state index < -0.39 is 0 Å². The Kier molecular flexibility index (Phi) is 2.87. The van der Waals surface area contributed by atoms with Crippen molar-refractivity contribution < 1.29 is 4.79 Å². The van der Waals surface area contributed by atoms with Gasteiger partial charge < -0.3 is 5.32 Å². The van der Waals surface area contributed by atoms with E-state index in [0.29, 0.717) is 18.1 Å². The zero-order chi connectivity index (χ0) is 10.8. The largest absolute Gasteiger partial charge is 0.316 e. The monoisotopic (exact) mass is 203 g/mol. The Bertz CT molecular complexity index is 380. The van der Waals surface area contributed by atoms with Crippen LogP contribution in [0.25, 0.3) is 0 Å². The van der Waals surface area contributed by atoms with Gasteiger partial charge in [0.1, 0.15) is 0 Å². The number of carbonyl (C=O) groups excluding carboxylic acids is 1. The van der Waals surface area contributed by atoms with Crippen LogP contribution in [0.1, 0.15) is 27.9 Å². The molecule has 0 amide bonds. The first-order chi connectivity index (χ1) is 7.16. The molecule has 0 aliphatic carbocycles. The number of hydrogen-bond donors (Lipinski definition) is 1. The topological polar surface area (TPSA) is 29.1 Å². The van der Waals surface area contributed by atoms with Crippen molar-refractivity contribution in [1.82, 2.24) is 5.32 Å². The van der Waals surface area contributed by atoms with Crippen molar-refractivity contribution in [2.75, 3.05) is 13.1 Å². The third-order valence-electron chi connectivity index (χ3n) is 3.02. The molecular formula is C13H17NO. The lowest BCUT2D eigenvalue weighted by Gasteiger charge is -2.26. The summed E-state index contributed by atoms with van der Waals surface area (Å²) in [5.41, 5.74) is 3.22. The zero-order valence-corrected chi connectivity index (χ0v) is 9.34. The van der Waals surface area contributed by atoms with Crippen LogP contribution in [0.5, 0.6) is 0 Å². The molecule has 1 aliphatic rings. The van der Waals surface area contributed by atoms with Crippen LogP contribution in [0.15, 0.2) is 18.2 Å². The van der Waals surface area contributed by atoms with E-state index in [2.05, 4.69) is 18.3 Å². The maximum Gasteiger partial charge on any atom is 0.163 e. The fraction of sp³-hybridized carbons (Fsp3) is 0.462. The number of carbonyl (C=O) groups is 1. The minimum Gasteiger partial charge on any atom is -0.316 e. The number of benzene rings is 1. The van der Waals surface area contributed by atoms with Gasteiger partial charge in [0.15, 0.2) is 5.78 Å². The number of aryl methyl sites for hydroxylation is 2. The summed E-state index contributed by atoms with van der Waals surface area (Å²) in [6.45, 7) is 6.06. The summed E-state index contributed by atoms with van der Waals surface area (Å²) < 4.78 is 0. The molecule has 1 saturated heterocycles. The van der Waals surface area contributed by atoms with Crippen molar-refractivity contribution in [3.05, 3.63) is 34.9 Å². The van der Waals surface area contributed by atoms with Gasteiger partial charge in [-0.15, -0.1) is 0 Å². The molecule has 2 nitrogen and oxygen atoms in total. The van der Waals surface area contributed by atoms with Crippen LogP contribution in [-0.4, -0.2) is 18.9 Å². The van der Waals surface area contributed by atoms with Gasteiger partial charge in [0.25, 0.3) is 0 Å². The molecule has 2 heteroatoms. The van der Waals surface area contributed by atoms with Gasteiger partial charge in [-0.2, -0.15) is 0 Å². The smallest absolute Gasteiger partial charge is 0.163 e. The molecule has 0 spiro atoms. The van der Waals surface area contributed by atoms with Crippen LogP contribution >= 0.6 is 0 Å². The molecule has 1 N–H and O–H groups in total. The molecule has 1 aromatic carbocycles. The Labute approximate surface area is 90.7 Å². The average molecular weight is 203 g/mol. The van der Waals surface area contributed by atoms with E-state index in [1.165, 1.54) is 5.56 Å². The second-order valence-corrected chi connectivity index (χ2v) is 4.47. The van der Waals surface area contributed by atoms with Gasteiger partial charge >= 0.3 is 0 Å². The molecule has 0 bridgehead atoms. The molecule has 1 aliphatic heterocycles. The van der Waals surface area contributed by atoms with Crippen molar-refractivity contribution in [1.29, 1.82) is 0 Å². The highest BCUT2D eigenvalue weighted by Gasteiger charge is 2.21. The van der Waals surface area contributed by atoms with Crippen LogP contribution in [0.4, 0.5) is 0 Å². The Morgan fingerprint density at radius 2 is 2.13 bits per heavy atom. The lowest BCUT2D eigenvalue weighted by molar-refractivity contribution is 0.0945. The molecule has 0 aromatic heterocycles. The van der Waals surface area contributed by atoms with Crippen molar-refractivity contribution >= 4 is 5.78 Å². The standard InChI is InChI=1S/C13H17NO/c1-9-3-4-12(10(2)5-9)13(15)6-11-7-14-8-11/h3-5,11,14H,6-8H2,1-2H3. The highest BCUT2D eigenvalue weighted by molar-refractivity contribution is 5.97. The van der Waals surface area contributed by atoms with E-state index >= 15 is 0 Å². The van der Waals surface area contributed by atoms with Crippen LogP contribution in [-0.2, 0) is 0 Å². The lowest BCUT2D eigenvalue weighted by atomic mass is 9.92. The summed E-state index contributed by atoms with van der Waals surface area (Å²) in [5, 5.41) is 3.19. The van der Waals surface area contributed by atoms with Crippen molar-refractivity contribution in [3.63, 3.8) is 0 Å². The Morgan fingerprint density at radius 3 is 2.67 bits per heavy atom. The van der Waals surface area contributed by atoms with Gasteiger partial charge in [0.2, 0.25) is 0 Å². The van der Waals surface area contributed by atoms with Gasteiger partial charge in [0.05, 0.1) is 0 Å². The van der Waals surface area contributed by atoms with Crippen molar-refractivity contribution in [2.45, 2.75) is 20.3 Å². The Hall–Kier alpha value is -1.15. The predicted molar refractivity (Wildman–Crippen MR) is 61.2 cm³/mol. The maximum absolute atomic E-state index is 12.0. The molecule has 2 rings (SSSR count). The Morgan fingerprint density at radius 1 is 1.40 bits per heavy atom. The Balaban J connectivity index is 2.10. The predicted octanol–water partition coefficient (Wildman–Crippen LogP) is 2.10. The summed E-state index contributed by atoms with van der Waals surface area (Å²) >= 11 is 0. The number of hydrogen-bond acceptors (Lipinski definition) is 2. The van der Waals surface area contributed by atoms with Gasteiger partial charge in [-0.05, 0) is 38.4 Å². The molecule has 0 atom stereocenters. The summed E-state index contributed by atoms with van der Waals surface area (Å²) in [6, 6.07) is 6.05. The van der Waals surface area contributed by atoms with E-state index in [9.17, 15) is 4.79 Å². The second kappa shape index (κ2) is 4.15. The first-order valence-electron chi connectivity index (χ1n) is 5.48. The first-order valence-corrected chi connectivity index (χ1v) is 5.48. The third-order valence-corrected chi connectivity index (χ3v) is 3.02. The SMILES string of the molecule is Cc1ccc(C(=O)CC2CNC2)c(C)c1. The minimum absolute atomic E-state index is 0.291. The van der Waals surface area contributed by atoms with Gasteiger partial charge in [-0.25, -0.2) is 0 Å². The quantitative estimate of drug-likeness (QED) is 0.762. The van der Waals surface area contributed by atoms with E-state index in [0.717, 1.165) is 24.2 Å². The number of Topliss-reactive ketones (excluding diaryl/α,β-unsaturated/α-hetero) is 1. The molecule has 0 unspecified atom stereocenters. The summed E-state index contributed by atoms with van der Waals surface area (Å²) in [7, 11) is 0. The number of rotatable bonds is 3. The maximum atomic E-state index is 12.0. The molecule has 0 saturated carbocycles. The fourth-order valence-electron chi connectivity index (χ4n) is 1.99. The summed E-state index contributed by atoms with van der Waals surface area (Å²) in [4.78, 5) is 12.0. The number of nitrogens with one attached hydrogen (secondary N) is 1. The van der Waals surface area contributed by atoms with E-state index in [4.69, 9.17) is 0 Å². The average Bonchev–Trinajstić information content (AvgIpc) is 2.11. The molecule has 0 radical (unpaired) electrons. The molecular weight excluding hydrogens is 186 g/mol. The van der Waals surface area contributed by atoms with Gasteiger partial charge in [0, 0.05) is 12.0 Å². The normalized spacial score (nSPS) is 16.1. The van der Waals surface area contributed by atoms with Crippen molar-refractivity contribution in [2.24, 2.45) is 5.92 Å². The molecule has 1 heterocycles. The van der Waals surface area contributed by atoms with Gasteiger partial charge in [-0.1, -0.05) is 23.8 Å². The van der Waals surface area contributed by atoms with Gasteiger partial charge in [-0.3, -0.25) is 4.79 Å². The highest BCUT2D eigenvalue weighted by Crippen LogP contribution is 2.17. The molecule has 1 aromatic rings. The summed E-state index contributed by atoms with van der Waals surface area (Å²) in [6.07, 6.45) is 0.691. The molecule has 80 valence electrons. The van der Waals surface area contributed by atoms with Crippen LogP contribution in [0.2, 0.25) is 0 Å². The van der Waals surface area contributed by atoms with E-state index in [1.807, 2.05) is 19.1 Å². The fourth-order valence-corrected chi connectivity index (χ4v) is 1.99. The number of ketones is 1. The van der Waals surface area contributed by atoms with Crippen LogP contribution < -0.4 is 5.32 Å². The first kappa shape index (κ1) is 10.4. The van der Waals surface area contributed by atoms with E-state index in [-0.39, 0.29) is 0 Å². The van der Waals surface area contributed by atoms with Crippen LogP contribution in [0, 0.1) is 19.8 Å². The van der Waals surface area contributed by atoms with E-state index in [1.54, 1.807) is 0 Å². The highest BCUT2D eigenvalue weighted by atomic mass is 16.1.